The Balaban J connectivity index is 1.41. The number of carbonyl (C=O) groups is 3. The van der Waals surface area contributed by atoms with Crippen molar-refractivity contribution in [1.82, 2.24) is 15.1 Å². The third-order valence-electron chi connectivity index (χ3n) is 7.15. The molecule has 7 nitrogen and oxygen atoms in total. The van der Waals surface area contributed by atoms with E-state index in [9.17, 15) is 14.4 Å². The number of ether oxygens (including phenoxy) is 1. The van der Waals surface area contributed by atoms with Gasteiger partial charge in [-0.1, -0.05) is 25.0 Å². The molecule has 1 aromatic carbocycles. The summed E-state index contributed by atoms with van der Waals surface area (Å²) in [6.07, 6.45) is 7.93. The zero-order valence-corrected chi connectivity index (χ0v) is 18.9. The first-order valence-electron chi connectivity index (χ1n) is 12.1. The first-order valence-corrected chi connectivity index (χ1v) is 12.1. The van der Waals surface area contributed by atoms with E-state index in [1.54, 1.807) is 6.07 Å². The van der Waals surface area contributed by atoms with Gasteiger partial charge in [-0.25, -0.2) is 0 Å². The molecule has 3 amide bonds. The van der Waals surface area contributed by atoms with Gasteiger partial charge in [0.2, 0.25) is 11.8 Å². The summed E-state index contributed by atoms with van der Waals surface area (Å²) in [7, 11) is 0. The van der Waals surface area contributed by atoms with Gasteiger partial charge in [-0.05, 0) is 44.2 Å². The molecule has 2 saturated heterocycles. The normalized spacial score (nSPS) is 24.9. The molecule has 1 N–H and O–H groups in total. The summed E-state index contributed by atoms with van der Waals surface area (Å²) in [5.41, 5.74) is 0.476. The maximum atomic E-state index is 13.0. The minimum atomic E-state index is -0.114. The van der Waals surface area contributed by atoms with Crippen molar-refractivity contribution >= 4 is 17.7 Å². The zero-order chi connectivity index (χ0) is 22.4. The van der Waals surface area contributed by atoms with Gasteiger partial charge >= 0.3 is 0 Å². The van der Waals surface area contributed by atoms with E-state index in [-0.39, 0.29) is 23.1 Å². The van der Waals surface area contributed by atoms with E-state index in [4.69, 9.17) is 4.74 Å². The average Bonchev–Trinajstić information content (AvgIpc) is 3.22. The molecule has 32 heavy (non-hydrogen) atoms. The number of hydrogen-bond donors (Lipinski definition) is 1. The Bertz CT molecular complexity index is 842. The number of amides is 3. The fourth-order valence-electron chi connectivity index (χ4n) is 5.29. The number of nitrogens with one attached hydrogen (secondary N) is 1. The Hall–Kier alpha value is -2.57. The van der Waals surface area contributed by atoms with Crippen LogP contribution in [0.1, 0.15) is 68.1 Å². The van der Waals surface area contributed by atoms with Crippen molar-refractivity contribution in [2.24, 2.45) is 5.41 Å². The van der Waals surface area contributed by atoms with Crippen molar-refractivity contribution in [3.8, 4) is 5.75 Å². The summed E-state index contributed by atoms with van der Waals surface area (Å²) in [4.78, 5) is 41.6. The number of nitrogens with zero attached hydrogens (tertiary/aromatic N) is 2. The number of piperidine rings is 1. The van der Waals surface area contributed by atoms with Crippen molar-refractivity contribution in [1.29, 1.82) is 0 Å². The van der Waals surface area contributed by atoms with Gasteiger partial charge in [-0.2, -0.15) is 0 Å². The second kappa shape index (κ2) is 10.4. The number of fused-ring (bicyclic) bond motifs is 1. The van der Waals surface area contributed by atoms with Crippen LogP contribution in [0.5, 0.6) is 5.75 Å². The first kappa shape index (κ1) is 22.6. The molecule has 1 unspecified atom stereocenters. The van der Waals surface area contributed by atoms with Crippen molar-refractivity contribution < 1.29 is 19.1 Å². The third-order valence-corrected chi connectivity index (χ3v) is 7.15. The molecule has 174 valence electrons. The van der Waals surface area contributed by atoms with Crippen LogP contribution in [0.3, 0.4) is 0 Å². The van der Waals surface area contributed by atoms with Gasteiger partial charge in [0.15, 0.2) is 0 Å². The Morgan fingerprint density at radius 2 is 1.88 bits per heavy atom. The highest BCUT2D eigenvalue weighted by atomic mass is 16.5. The molecule has 0 saturated carbocycles. The minimum absolute atomic E-state index is 0.0952. The molecule has 2 fully saturated rings. The van der Waals surface area contributed by atoms with Crippen LogP contribution in [-0.2, 0) is 9.59 Å². The molecule has 3 heterocycles. The first-order chi connectivity index (χ1) is 15.6. The molecule has 3 aliphatic heterocycles. The molecule has 0 radical (unpaired) electrons. The number of rotatable bonds is 3. The van der Waals surface area contributed by atoms with Crippen LogP contribution in [0, 0.1) is 5.41 Å². The van der Waals surface area contributed by atoms with Gasteiger partial charge in [0, 0.05) is 51.0 Å². The molecular weight excluding hydrogens is 406 g/mol. The van der Waals surface area contributed by atoms with E-state index in [1.807, 2.05) is 28.0 Å². The summed E-state index contributed by atoms with van der Waals surface area (Å²) < 4.78 is 5.85. The molecule has 0 aromatic heterocycles. The van der Waals surface area contributed by atoms with Gasteiger partial charge in [-0.15, -0.1) is 0 Å². The molecule has 3 aliphatic rings. The summed E-state index contributed by atoms with van der Waals surface area (Å²) in [6.45, 7) is 3.91. The number of hydrogen-bond acceptors (Lipinski definition) is 4. The van der Waals surface area contributed by atoms with Crippen molar-refractivity contribution in [2.75, 3.05) is 39.3 Å². The van der Waals surface area contributed by atoms with E-state index in [1.165, 1.54) is 0 Å². The van der Waals surface area contributed by atoms with Crippen molar-refractivity contribution in [3.05, 3.63) is 29.8 Å². The van der Waals surface area contributed by atoms with Gasteiger partial charge < -0.3 is 19.9 Å². The maximum Gasteiger partial charge on any atom is 0.255 e. The fourth-order valence-corrected chi connectivity index (χ4v) is 5.29. The number of para-hydroxylation sites is 1. The van der Waals surface area contributed by atoms with Crippen LogP contribution < -0.4 is 10.1 Å². The molecule has 4 rings (SSSR count). The second-order valence-corrected chi connectivity index (χ2v) is 9.49. The van der Waals surface area contributed by atoms with E-state index < -0.39 is 0 Å². The average molecular weight is 442 g/mol. The zero-order valence-electron chi connectivity index (χ0n) is 18.9. The highest BCUT2D eigenvalue weighted by molar-refractivity contribution is 5.96. The maximum absolute atomic E-state index is 13.0. The molecule has 1 spiro atoms. The fraction of sp³-hybridized carbons (Fsp3) is 0.640. The van der Waals surface area contributed by atoms with E-state index in [0.29, 0.717) is 50.4 Å². The summed E-state index contributed by atoms with van der Waals surface area (Å²) >= 11 is 0. The smallest absolute Gasteiger partial charge is 0.255 e. The van der Waals surface area contributed by atoms with Gasteiger partial charge in [0.05, 0.1) is 12.2 Å². The molecular formula is C25H35N3O4. The van der Waals surface area contributed by atoms with Crippen LogP contribution in [0.4, 0.5) is 0 Å². The Kier molecular flexibility index (Phi) is 7.33. The lowest BCUT2D eigenvalue weighted by molar-refractivity contribution is -0.136. The molecule has 7 heteroatoms. The largest absolute Gasteiger partial charge is 0.493 e. The summed E-state index contributed by atoms with van der Waals surface area (Å²) in [5.74, 6) is 0.812. The molecule has 1 atom stereocenters. The number of benzene rings is 1. The van der Waals surface area contributed by atoms with Crippen LogP contribution in [0.2, 0.25) is 0 Å². The quantitative estimate of drug-likeness (QED) is 0.782. The summed E-state index contributed by atoms with van der Waals surface area (Å²) in [6, 6.07) is 7.40. The van der Waals surface area contributed by atoms with Crippen molar-refractivity contribution in [3.63, 3.8) is 0 Å². The van der Waals surface area contributed by atoms with Crippen LogP contribution in [0.25, 0.3) is 0 Å². The Morgan fingerprint density at radius 1 is 1.03 bits per heavy atom. The minimum Gasteiger partial charge on any atom is -0.493 e. The molecule has 1 aromatic rings. The standard InChI is InChI=1S/C25H35N3O4/c29-22-10-6-14-27(22)16-11-23(30)28-15-7-13-25(19-28)12-4-1-5-17-32-21-9-3-2-8-20(21)24(31)26-18-25/h2-3,8-9H,1,4-7,10-19H2,(H,26,31). The van der Waals surface area contributed by atoms with Crippen LogP contribution >= 0.6 is 0 Å². The molecule has 0 bridgehead atoms. The second-order valence-electron chi connectivity index (χ2n) is 9.49. The predicted molar refractivity (Wildman–Crippen MR) is 121 cm³/mol. The lowest BCUT2D eigenvalue weighted by Crippen LogP contribution is -2.51. The number of likely N-dealkylation sites (tertiary alicyclic amines) is 2. The van der Waals surface area contributed by atoms with Gasteiger partial charge in [-0.3, -0.25) is 14.4 Å². The number of carbonyl (C=O) groups excluding carboxylic acids is 3. The highest BCUT2D eigenvalue weighted by Gasteiger charge is 2.37. The SMILES string of the molecule is O=C1NCC2(CCCCCOc3ccccc31)CCCN(C(=O)CCN1CCCC1=O)C2. The van der Waals surface area contributed by atoms with Gasteiger partial charge in [0.1, 0.15) is 5.75 Å². The molecule has 0 aliphatic carbocycles. The Morgan fingerprint density at radius 3 is 2.72 bits per heavy atom. The van der Waals surface area contributed by atoms with Gasteiger partial charge in [0.25, 0.3) is 5.91 Å². The third kappa shape index (κ3) is 5.43. The lowest BCUT2D eigenvalue weighted by Gasteiger charge is -2.43. The summed E-state index contributed by atoms with van der Waals surface area (Å²) in [5, 5.41) is 3.15. The topological polar surface area (TPSA) is 79.0 Å². The van der Waals surface area contributed by atoms with E-state index in [0.717, 1.165) is 58.0 Å². The predicted octanol–water partition coefficient (Wildman–Crippen LogP) is 2.99. The monoisotopic (exact) mass is 441 g/mol. The van der Waals surface area contributed by atoms with E-state index in [2.05, 4.69) is 5.32 Å². The van der Waals surface area contributed by atoms with Crippen LogP contribution in [-0.4, -0.2) is 66.9 Å². The lowest BCUT2D eigenvalue weighted by atomic mass is 9.75. The van der Waals surface area contributed by atoms with Crippen molar-refractivity contribution in [2.45, 2.75) is 57.8 Å². The highest BCUT2D eigenvalue weighted by Crippen LogP contribution is 2.36. The van der Waals surface area contributed by atoms with Crippen LogP contribution in [0.15, 0.2) is 24.3 Å². The van der Waals surface area contributed by atoms with E-state index >= 15 is 0 Å². The Labute approximate surface area is 190 Å².